The van der Waals surface area contributed by atoms with E-state index in [2.05, 4.69) is 15.4 Å². The number of ether oxygens (including phenoxy) is 2. The summed E-state index contributed by atoms with van der Waals surface area (Å²) in [5.74, 6) is 0.782. The van der Waals surface area contributed by atoms with E-state index in [0.717, 1.165) is 16.7 Å². The standard InChI is InChI=1S/C23H19FN4O2/c1-15-7-5-6-10-20(15)22-25-27-28(26-22)13-17-11-19(24)12-18-14-29-23(30-21(17)18)16-8-3-2-4-9-16/h2-12,23H,13-14H2,1H3. The van der Waals surface area contributed by atoms with Crippen molar-refractivity contribution in [3.63, 3.8) is 0 Å². The predicted octanol–water partition coefficient (Wildman–Crippen LogP) is 4.44. The van der Waals surface area contributed by atoms with Crippen molar-refractivity contribution < 1.29 is 13.9 Å². The molecule has 1 unspecified atom stereocenters. The average molecular weight is 402 g/mol. The van der Waals surface area contributed by atoms with Crippen molar-refractivity contribution in [3.05, 3.63) is 94.8 Å². The molecule has 1 aromatic heterocycles. The molecule has 4 aromatic rings. The minimum absolute atomic E-state index is 0.237. The fraction of sp³-hybridized carbons (Fsp3) is 0.174. The molecule has 0 saturated carbocycles. The number of tetrazole rings is 1. The van der Waals surface area contributed by atoms with Gasteiger partial charge in [0.2, 0.25) is 12.1 Å². The van der Waals surface area contributed by atoms with Crippen molar-refractivity contribution >= 4 is 0 Å². The minimum atomic E-state index is -0.547. The van der Waals surface area contributed by atoms with E-state index in [4.69, 9.17) is 9.47 Å². The third-order valence-electron chi connectivity index (χ3n) is 5.04. The van der Waals surface area contributed by atoms with Crippen LogP contribution in [-0.2, 0) is 17.9 Å². The molecule has 0 aliphatic carbocycles. The summed E-state index contributed by atoms with van der Waals surface area (Å²) in [4.78, 5) is 1.45. The summed E-state index contributed by atoms with van der Waals surface area (Å²) in [6.45, 7) is 2.50. The van der Waals surface area contributed by atoms with E-state index >= 15 is 0 Å². The fourth-order valence-corrected chi connectivity index (χ4v) is 3.56. The summed E-state index contributed by atoms with van der Waals surface area (Å²) < 4.78 is 26.1. The molecule has 30 heavy (non-hydrogen) atoms. The minimum Gasteiger partial charge on any atom is -0.460 e. The molecule has 2 heterocycles. The van der Waals surface area contributed by atoms with Gasteiger partial charge in [-0.15, -0.1) is 10.2 Å². The highest BCUT2D eigenvalue weighted by Crippen LogP contribution is 2.36. The van der Waals surface area contributed by atoms with Gasteiger partial charge in [0.15, 0.2) is 0 Å². The molecule has 0 radical (unpaired) electrons. The highest BCUT2D eigenvalue weighted by Gasteiger charge is 2.25. The molecular weight excluding hydrogens is 383 g/mol. The third kappa shape index (κ3) is 3.55. The Kier molecular flexibility index (Phi) is 4.72. The molecule has 0 N–H and O–H groups in total. The first kappa shape index (κ1) is 18.4. The van der Waals surface area contributed by atoms with Gasteiger partial charge in [0.05, 0.1) is 13.2 Å². The van der Waals surface area contributed by atoms with E-state index in [1.807, 2.05) is 61.5 Å². The molecule has 6 nitrogen and oxygen atoms in total. The Bertz CT molecular complexity index is 1190. The topological polar surface area (TPSA) is 62.1 Å². The number of hydrogen-bond acceptors (Lipinski definition) is 5. The molecule has 7 heteroatoms. The van der Waals surface area contributed by atoms with Gasteiger partial charge >= 0.3 is 0 Å². The van der Waals surface area contributed by atoms with Crippen LogP contribution in [0.1, 0.15) is 28.5 Å². The van der Waals surface area contributed by atoms with Gasteiger partial charge in [0.25, 0.3) is 0 Å². The first-order chi connectivity index (χ1) is 14.7. The van der Waals surface area contributed by atoms with Crippen LogP contribution in [0.3, 0.4) is 0 Å². The van der Waals surface area contributed by atoms with E-state index in [9.17, 15) is 4.39 Å². The lowest BCUT2D eigenvalue weighted by Crippen LogP contribution is -2.20. The van der Waals surface area contributed by atoms with Gasteiger partial charge in [-0.25, -0.2) is 4.39 Å². The van der Waals surface area contributed by atoms with Crippen LogP contribution in [0.25, 0.3) is 11.4 Å². The second-order valence-corrected chi connectivity index (χ2v) is 7.18. The Morgan fingerprint density at radius 3 is 2.70 bits per heavy atom. The lowest BCUT2D eigenvalue weighted by molar-refractivity contribution is -0.112. The van der Waals surface area contributed by atoms with Crippen LogP contribution in [0, 0.1) is 12.7 Å². The van der Waals surface area contributed by atoms with E-state index in [1.165, 1.54) is 16.9 Å². The molecule has 5 rings (SSSR count). The van der Waals surface area contributed by atoms with Crippen LogP contribution >= 0.6 is 0 Å². The number of benzene rings is 3. The Balaban J connectivity index is 1.45. The number of fused-ring (bicyclic) bond motifs is 1. The third-order valence-corrected chi connectivity index (χ3v) is 5.04. The number of hydrogen-bond donors (Lipinski definition) is 0. The van der Waals surface area contributed by atoms with Crippen LogP contribution in [0.15, 0.2) is 66.7 Å². The number of halogens is 1. The quantitative estimate of drug-likeness (QED) is 0.505. The van der Waals surface area contributed by atoms with E-state index in [-0.39, 0.29) is 19.0 Å². The van der Waals surface area contributed by atoms with Crippen LogP contribution in [-0.4, -0.2) is 20.2 Å². The highest BCUT2D eigenvalue weighted by atomic mass is 19.1. The van der Waals surface area contributed by atoms with E-state index < -0.39 is 6.29 Å². The summed E-state index contributed by atoms with van der Waals surface area (Å²) in [6.07, 6.45) is -0.547. The maximum absolute atomic E-state index is 14.2. The molecule has 150 valence electrons. The average Bonchev–Trinajstić information content (AvgIpc) is 3.22. The van der Waals surface area contributed by atoms with Gasteiger partial charge in [-0.2, -0.15) is 4.80 Å². The van der Waals surface area contributed by atoms with Crippen LogP contribution in [0.4, 0.5) is 4.39 Å². The summed E-state index contributed by atoms with van der Waals surface area (Å²) in [5, 5.41) is 12.8. The largest absolute Gasteiger partial charge is 0.460 e. The Morgan fingerprint density at radius 1 is 1.07 bits per heavy atom. The summed E-state index contributed by atoms with van der Waals surface area (Å²) in [5.41, 5.74) is 4.18. The maximum Gasteiger partial charge on any atom is 0.227 e. The first-order valence-corrected chi connectivity index (χ1v) is 9.66. The van der Waals surface area contributed by atoms with Gasteiger partial charge in [-0.1, -0.05) is 54.6 Å². The van der Waals surface area contributed by atoms with Crippen molar-refractivity contribution in [2.24, 2.45) is 0 Å². The number of rotatable bonds is 4. The normalized spacial score (nSPS) is 15.5. The van der Waals surface area contributed by atoms with Gasteiger partial charge < -0.3 is 9.47 Å². The molecule has 1 atom stereocenters. The van der Waals surface area contributed by atoms with Crippen LogP contribution in [0.2, 0.25) is 0 Å². The Labute approximate surface area is 172 Å². The predicted molar refractivity (Wildman–Crippen MR) is 108 cm³/mol. The number of aryl methyl sites for hydroxylation is 1. The maximum atomic E-state index is 14.2. The van der Waals surface area contributed by atoms with Gasteiger partial charge in [-0.05, 0) is 29.8 Å². The SMILES string of the molecule is Cc1ccccc1-c1nnn(Cc2cc(F)cc3c2OC(c2ccccc2)OC3)n1. The Hall–Kier alpha value is -3.58. The van der Waals surface area contributed by atoms with Crippen molar-refractivity contribution in [1.29, 1.82) is 0 Å². The monoisotopic (exact) mass is 402 g/mol. The molecule has 0 fully saturated rings. The van der Waals surface area contributed by atoms with Gasteiger partial charge in [-0.3, -0.25) is 0 Å². The first-order valence-electron chi connectivity index (χ1n) is 9.66. The smallest absolute Gasteiger partial charge is 0.227 e. The van der Waals surface area contributed by atoms with Gasteiger partial charge in [0.1, 0.15) is 11.6 Å². The zero-order valence-electron chi connectivity index (χ0n) is 16.3. The van der Waals surface area contributed by atoms with E-state index in [1.54, 1.807) is 0 Å². The second kappa shape index (κ2) is 7.68. The zero-order valence-corrected chi connectivity index (χ0v) is 16.3. The van der Waals surface area contributed by atoms with Gasteiger partial charge in [0, 0.05) is 22.3 Å². The second-order valence-electron chi connectivity index (χ2n) is 7.18. The summed E-state index contributed by atoms with van der Waals surface area (Å²) >= 11 is 0. The van der Waals surface area contributed by atoms with Crippen molar-refractivity contribution in [2.75, 3.05) is 0 Å². The highest BCUT2D eigenvalue weighted by molar-refractivity contribution is 5.58. The zero-order chi connectivity index (χ0) is 20.5. The number of aromatic nitrogens is 4. The lowest BCUT2D eigenvalue weighted by atomic mass is 10.1. The molecule has 0 bridgehead atoms. The Morgan fingerprint density at radius 2 is 1.87 bits per heavy atom. The van der Waals surface area contributed by atoms with E-state index in [0.29, 0.717) is 22.7 Å². The number of nitrogens with zero attached hydrogens (tertiary/aromatic N) is 4. The van der Waals surface area contributed by atoms with Crippen LogP contribution in [0.5, 0.6) is 5.75 Å². The molecule has 1 aliphatic heterocycles. The fourth-order valence-electron chi connectivity index (χ4n) is 3.56. The summed E-state index contributed by atoms with van der Waals surface area (Å²) in [7, 11) is 0. The molecule has 0 spiro atoms. The molecule has 3 aromatic carbocycles. The molecule has 0 saturated heterocycles. The summed E-state index contributed by atoms with van der Waals surface area (Å²) in [6, 6.07) is 20.4. The molecule has 1 aliphatic rings. The van der Waals surface area contributed by atoms with Crippen molar-refractivity contribution in [3.8, 4) is 17.1 Å². The molecule has 0 amide bonds. The van der Waals surface area contributed by atoms with Crippen molar-refractivity contribution in [1.82, 2.24) is 20.2 Å². The van der Waals surface area contributed by atoms with Crippen molar-refractivity contribution in [2.45, 2.75) is 26.4 Å². The molecular formula is C23H19FN4O2. The lowest BCUT2D eigenvalue weighted by Gasteiger charge is -2.28. The van der Waals surface area contributed by atoms with Crippen LogP contribution < -0.4 is 4.74 Å².